The molecule has 0 aromatic heterocycles. The fraction of sp³-hybridized carbons (Fsp3) is 0.516. The van der Waals surface area contributed by atoms with Crippen molar-refractivity contribution in [3.8, 4) is 11.1 Å². The SMILES string of the molecule is CCC(=O)OC(C(C)C)N(CP(=O)(O)O)C(Cc1ccc(-c2ccccc2)cc1)C(=O)NCCC(=O)OCCCCCN.Cl. The Balaban J connectivity index is 0.00000968. The molecular weight excluding hydrogens is 609 g/mol. The van der Waals surface area contributed by atoms with E-state index in [9.17, 15) is 28.7 Å². The second-order valence-corrected chi connectivity index (χ2v) is 12.3. The molecule has 0 fully saturated rings. The lowest BCUT2D eigenvalue weighted by Crippen LogP contribution is -2.55. The molecule has 0 aliphatic carbocycles. The number of benzene rings is 2. The molecule has 11 nitrogen and oxygen atoms in total. The lowest BCUT2D eigenvalue weighted by atomic mass is 9.99. The van der Waals surface area contributed by atoms with Crippen molar-refractivity contribution in [2.75, 3.05) is 26.0 Å². The van der Waals surface area contributed by atoms with Crippen LogP contribution in [-0.4, -0.2) is 70.8 Å². The van der Waals surface area contributed by atoms with Crippen molar-refractivity contribution in [1.82, 2.24) is 10.2 Å². The topological polar surface area (TPSA) is 168 Å². The molecule has 0 aliphatic rings. The van der Waals surface area contributed by atoms with Gasteiger partial charge in [-0.25, -0.2) is 4.90 Å². The molecular formula is C31H47ClN3O8P. The molecule has 0 heterocycles. The van der Waals surface area contributed by atoms with Gasteiger partial charge in [0.05, 0.1) is 19.1 Å². The van der Waals surface area contributed by atoms with Gasteiger partial charge < -0.3 is 30.3 Å². The molecule has 2 aromatic carbocycles. The average molecular weight is 656 g/mol. The maximum absolute atomic E-state index is 13.6. The number of ether oxygens (including phenoxy) is 2. The van der Waals surface area contributed by atoms with Gasteiger partial charge in [-0.05, 0) is 48.9 Å². The number of nitrogens with two attached hydrogens (primary N) is 1. The van der Waals surface area contributed by atoms with Crippen molar-refractivity contribution in [3.05, 3.63) is 60.2 Å². The van der Waals surface area contributed by atoms with Crippen LogP contribution in [0.25, 0.3) is 11.1 Å². The third-order valence-electron chi connectivity index (χ3n) is 6.72. The van der Waals surface area contributed by atoms with Crippen LogP contribution in [0.4, 0.5) is 0 Å². The highest BCUT2D eigenvalue weighted by Crippen LogP contribution is 2.38. The number of rotatable bonds is 19. The van der Waals surface area contributed by atoms with E-state index in [2.05, 4.69) is 5.32 Å². The van der Waals surface area contributed by atoms with Crippen LogP contribution in [0.2, 0.25) is 0 Å². The summed E-state index contributed by atoms with van der Waals surface area (Å²) in [7, 11) is -4.70. The summed E-state index contributed by atoms with van der Waals surface area (Å²) in [4.78, 5) is 59.4. The summed E-state index contributed by atoms with van der Waals surface area (Å²) in [6.45, 7) is 5.91. The molecule has 5 N–H and O–H groups in total. The summed E-state index contributed by atoms with van der Waals surface area (Å²) in [5.74, 6) is -1.98. The Morgan fingerprint density at radius 2 is 1.59 bits per heavy atom. The molecule has 1 amide bonds. The fourth-order valence-electron chi connectivity index (χ4n) is 4.51. The minimum absolute atomic E-state index is 0. The van der Waals surface area contributed by atoms with Crippen LogP contribution >= 0.6 is 20.0 Å². The van der Waals surface area contributed by atoms with E-state index in [1.165, 1.54) is 4.90 Å². The normalized spacial score (nSPS) is 12.7. The van der Waals surface area contributed by atoms with Crippen molar-refractivity contribution in [3.63, 3.8) is 0 Å². The summed E-state index contributed by atoms with van der Waals surface area (Å²) < 4.78 is 23.1. The Morgan fingerprint density at radius 3 is 2.16 bits per heavy atom. The van der Waals surface area contributed by atoms with E-state index in [1.54, 1.807) is 20.8 Å². The molecule has 246 valence electrons. The highest BCUT2D eigenvalue weighted by Gasteiger charge is 2.39. The summed E-state index contributed by atoms with van der Waals surface area (Å²) in [6.07, 6.45) is 0.556. The Morgan fingerprint density at radius 1 is 0.955 bits per heavy atom. The monoisotopic (exact) mass is 655 g/mol. The van der Waals surface area contributed by atoms with Crippen LogP contribution < -0.4 is 11.1 Å². The third kappa shape index (κ3) is 14.3. The van der Waals surface area contributed by atoms with E-state index < -0.39 is 49.9 Å². The van der Waals surface area contributed by atoms with Crippen molar-refractivity contribution in [2.45, 2.75) is 71.6 Å². The standard InChI is InChI=1S/C31H46N3O8P.ClH/c1-4-28(35)42-31(23(2)3)34(22-43(38,39)40)27(30(37)33-19-17-29(36)41-20-10-6-9-18-32)21-24-13-15-26(16-14-24)25-11-7-5-8-12-25;/h5,7-8,11-16,23,27,31H,4,6,9-10,17-22,32H2,1-3H3,(H,33,37)(H2,38,39,40);1H. The lowest BCUT2D eigenvalue weighted by molar-refractivity contribution is -0.168. The van der Waals surface area contributed by atoms with E-state index in [0.717, 1.165) is 29.5 Å². The van der Waals surface area contributed by atoms with E-state index in [0.29, 0.717) is 13.0 Å². The highest BCUT2D eigenvalue weighted by molar-refractivity contribution is 7.51. The Hall–Kier alpha value is -2.79. The molecule has 0 radical (unpaired) electrons. The number of hydrogen-bond donors (Lipinski definition) is 4. The first kappa shape index (κ1) is 39.2. The highest BCUT2D eigenvalue weighted by atomic mass is 35.5. The number of unbranched alkanes of at least 4 members (excludes halogenated alkanes) is 2. The first-order valence-corrected chi connectivity index (χ1v) is 16.5. The van der Waals surface area contributed by atoms with Crippen molar-refractivity contribution >= 4 is 37.8 Å². The second-order valence-electron chi connectivity index (χ2n) is 10.7. The zero-order chi connectivity index (χ0) is 31.8. The predicted octanol–water partition coefficient (Wildman–Crippen LogP) is 4.24. The van der Waals surface area contributed by atoms with E-state index >= 15 is 0 Å². The summed E-state index contributed by atoms with van der Waals surface area (Å²) in [5.41, 5.74) is 8.19. The first-order chi connectivity index (χ1) is 20.4. The zero-order valence-corrected chi connectivity index (χ0v) is 27.4. The van der Waals surface area contributed by atoms with Crippen molar-refractivity contribution in [1.29, 1.82) is 0 Å². The number of hydrogen-bond acceptors (Lipinski definition) is 8. The van der Waals surface area contributed by atoms with Crippen LogP contribution in [0.1, 0.15) is 58.4 Å². The van der Waals surface area contributed by atoms with Gasteiger partial charge >= 0.3 is 19.5 Å². The van der Waals surface area contributed by atoms with Gasteiger partial charge in [0.2, 0.25) is 5.91 Å². The minimum Gasteiger partial charge on any atom is -0.466 e. The molecule has 0 aliphatic heterocycles. The molecule has 0 spiro atoms. The maximum Gasteiger partial charge on any atom is 0.339 e. The molecule has 2 unspecified atom stereocenters. The number of carbonyl (C=O) groups is 3. The molecule has 13 heteroatoms. The Bertz CT molecular complexity index is 1190. The maximum atomic E-state index is 13.6. The number of esters is 2. The molecule has 2 aromatic rings. The van der Waals surface area contributed by atoms with Crippen LogP contribution in [0.5, 0.6) is 0 Å². The molecule has 0 saturated carbocycles. The molecule has 44 heavy (non-hydrogen) atoms. The largest absolute Gasteiger partial charge is 0.466 e. The fourth-order valence-corrected chi connectivity index (χ4v) is 5.29. The predicted molar refractivity (Wildman–Crippen MR) is 172 cm³/mol. The number of carbonyl (C=O) groups excluding carboxylic acids is 3. The number of amides is 1. The quantitative estimate of drug-likeness (QED) is 0.0743. The summed E-state index contributed by atoms with van der Waals surface area (Å²) >= 11 is 0. The van der Waals surface area contributed by atoms with Crippen LogP contribution in [0.15, 0.2) is 54.6 Å². The minimum atomic E-state index is -4.70. The van der Waals surface area contributed by atoms with Crippen molar-refractivity contribution in [2.24, 2.45) is 11.7 Å². The first-order valence-electron chi connectivity index (χ1n) is 14.7. The molecule has 0 bridgehead atoms. The van der Waals surface area contributed by atoms with Gasteiger partial charge in [0.1, 0.15) is 6.29 Å². The van der Waals surface area contributed by atoms with Gasteiger partial charge in [0.25, 0.3) is 0 Å². The van der Waals surface area contributed by atoms with E-state index in [4.69, 9.17) is 15.2 Å². The van der Waals surface area contributed by atoms with Crippen LogP contribution in [0.3, 0.4) is 0 Å². The van der Waals surface area contributed by atoms with Gasteiger partial charge in [-0.3, -0.25) is 18.9 Å². The Kier molecular flexibility index (Phi) is 18.1. The van der Waals surface area contributed by atoms with Gasteiger partial charge in [-0.1, -0.05) is 75.4 Å². The second kappa shape index (κ2) is 20.3. The van der Waals surface area contributed by atoms with Gasteiger partial charge in [-0.15, -0.1) is 12.4 Å². The number of nitrogens with one attached hydrogen (secondary N) is 1. The number of halogens is 1. The van der Waals surface area contributed by atoms with Crippen LogP contribution in [-0.2, 0) is 34.8 Å². The summed E-state index contributed by atoms with van der Waals surface area (Å²) in [6, 6.07) is 16.2. The van der Waals surface area contributed by atoms with Crippen LogP contribution in [0, 0.1) is 5.92 Å². The summed E-state index contributed by atoms with van der Waals surface area (Å²) in [5, 5.41) is 2.72. The molecule has 2 rings (SSSR count). The van der Waals surface area contributed by atoms with Crippen molar-refractivity contribution < 1.29 is 38.2 Å². The van der Waals surface area contributed by atoms with E-state index in [1.807, 2.05) is 54.6 Å². The molecule has 0 saturated heterocycles. The average Bonchev–Trinajstić information content (AvgIpc) is 2.97. The van der Waals surface area contributed by atoms with E-state index in [-0.39, 0.29) is 44.8 Å². The molecule has 2 atom stereocenters. The Labute approximate surface area is 266 Å². The number of nitrogens with zero attached hydrogens (tertiary/aromatic N) is 1. The van der Waals surface area contributed by atoms with Gasteiger partial charge in [0.15, 0.2) is 6.23 Å². The smallest absolute Gasteiger partial charge is 0.339 e. The lowest BCUT2D eigenvalue weighted by Gasteiger charge is -2.38. The van der Waals surface area contributed by atoms with Gasteiger partial charge in [-0.2, -0.15) is 0 Å². The zero-order valence-electron chi connectivity index (χ0n) is 25.7. The van der Waals surface area contributed by atoms with Gasteiger partial charge in [0, 0.05) is 18.9 Å². The third-order valence-corrected chi connectivity index (χ3v) is 7.41.